The van der Waals surface area contributed by atoms with Crippen molar-refractivity contribution in [1.82, 2.24) is 0 Å². The highest BCUT2D eigenvalue weighted by Crippen LogP contribution is 2.33. The van der Waals surface area contributed by atoms with Crippen LogP contribution in [0.5, 0.6) is 0 Å². The van der Waals surface area contributed by atoms with Gasteiger partial charge in [0, 0.05) is 28.1 Å². The second-order valence-corrected chi connectivity index (χ2v) is 4.54. The van der Waals surface area contributed by atoms with E-state index >= 15 is 0 Å². The molecule has 1 heterocycles. The molecule has 70 valence electrons. The van der Waals surface area contributed by atoms with Gasteiger partial charge in [0.05, 0.1) is 0 Å². The summed E-state index contributed by atoms with van der Waals surface area (Å²) < 4.78 is 13.4. The number of hydrogen-bond acceptors (Lipinski definition) is 2. The van der Waals surface area contributed by atoms with Gasteiger partial charge in [-0.25, -0.2) is 4.39 Å². The fourth-order valence-electron chi connectivity index (χ4n) is 1.48. The van der Waals surface area contributed by atoms with Crippen LogP contribution in [0, 0.1) is 5.82 Å². The van der Waals surface area contributed by atoms with Gasteiger partial charge in [0.1, 0.15) is 5.82 Å². The van der Waals surface area contributed by atoms with E-state index in [2.05, 4.69) is 0 Å². The summed E-state index contributed by atoms with van der Waals surface area (Å²) in [6.07, 6.45) is 0. The first-order valence-corrected chi connectivity index (χ1v) is 5.53. The van der Waals surface area contributed by atoms with Crippen molar-refractivity contribution in [2.75, 3.05) is 5.75 Å². The Morgan fingerprint density at radius 3 is 3.08 bits per heavy atom. The lowest BCUT2D eigenvalue weighted by molar-refractivity contribution is 0.608. The maximum Gasteiger partial charge on any atom is 0.129 e. The third-order valence-corrected chi connectivity index (χ3v) is 3.44. The van der Waals surface area contributed by atoms with Gasteiger partial charge in [0.2, 0.25) is 0 Å². The topological polar surface area (TPSA) is 26.0 Å². The molecule has 4 heteroatoms. The summed E-state index contributed by atoms with van der Waals surface area (Å²) in [5, 5.41) is 0.429. The fourth-order valence-corrected chi connectivity index (χ4v) is 2.76. The molecule has 0 saturated heterocycles. The van der Waals surface area contributed by atoms with Gasteiger partial charge in [-0.2, -0.15) is 11.8 Å². The first-order chi connectivity index (χ1) is 6.18. The Hall–Kier alpha value is -0.250. The van der Waals surface area contributed by atoms with Crippen molar-refractivity contribution < 1.29 is 4.39 Å². The van der Waals surface area contributed by atoms with Crippen LogP contribution < -0.4 is 5.73 Å². The smallest absolute Gasteiger partial charge is 0.129 e. The van der Waals surface area contributed by atoms with Crippen molar-refractivity contribution in [3.05, 3.63) is 34.1 Å². The Kier molecular flexibility index (Phi) is 2.49. The number of fused-ring (bicyclic) bond motifs is 1. The molecule has 13 heavy (non-hydrogen) atoms. The molecule has 1 nitrogen and oxygen atoms in total. The number of thioether (sulfide) groups is 1. The van der Waals surface area contributed by atoms with E-state index in [0.29, 0.717) is 16.3 Å². The van der Waals surface area contributed by atoms with Crippen LogP contribution in [-0.2, 0) is 5.75 Å². The predicted octanol–water partition coefficient (Wildman–Crippen LogP) is 2.73. The minimum absolute atomic E-state index is 0.0815. The van der Waals surface area contributed by atoms with Crippen LogP contribution in [-0.4, -0.2) is 5.75 Å². The summed E-state index contributed by atoms with van der Waals surface area (Å²) >= 11 is 7.40. The Balaban J connectivity index is 2.56. The fraction of sp³-hybridized carbons (Fsp3) is 0.333. The first-order valence-electron chi connectivity index (χ1n) is 3.99. The number of hydrogen-bond donors (Lipinski definition) is 1. The Bertz CT molecular complexity index is 343. The van der Waals surface area contributed by atoms with Gasteiger partial charge in [-0.1, -0.05) is 11.6 Å². The van der Waals surface area contributed by atoms with Crippen molar-refractivity contribution in [3.63, 3.8) is 0 Å². The maximum absolute atomic E-state index is 13.4. The van der Waals surface area contributed by atoms with Crippen LogP contribution in [0.3, 0.4) is 0 Å². The highest BCUT2D eigenvalue weighted by molar-refractivity contribution is 7.98. The summed E-state index contributed by atoms with van der Waals surface area (Å²) in [5.74, 6) is 1.31. The van der Waals surface area contributed by atoms with Crippen LogP contribution in [0.15, 0.2) is 12.1 Å². The van der Waals surface area contributed by atoms with Gasteiger partial charge in [0.25, 0.3) is 0 Å². The molecule has 1 atom stereocenters. The van der Waals surface area contributed by atoms with E-state index in [9.17, 15) is 4.39 Å². The molecule has 0 bridgehead atoms. The second-order valence-electron chi connectivity index (χ2n) is 3.08. The van der Waals surface area contributed by atoms with E-state index < -0.39 is 0 Å². The van der Waals surface area contributed by atoms with E-state index in [1.165, 1.54) is 6.07 Å². The van der Waals surface area contributed by atoms with E-state index in [4.69, 9.17) is 17.3 Å². The molecule has 0 spiro atoms. The zero-order chi connectivity index (χ0) is 9.42. The summed E-state index contributed by atoms with van der Waals surface area (Å²) in [4.78, 5) is 0. The largest absolute Gasteiger partial charge is 0.323 e. The molecule has 0 fully saturated rings. The second kappa shape index (κ2) is 3.48. The highest BCUT2D eigenvalue weighted by atomic mass is 35.5. The third-order valence-electron chi connectivity index (χ3n) is 2.14. The highest BCUT2D eigenvalue weighted by Gasteiger charge is 2.20. The molecule has 0 radical (unpaired) electrons. The Morgan fingerprint density at radius 2 is 2.31 bits per heavy atom. The first kappa shape index (κ1) is 9.31. The molecule has 1 aromatic carbocycles. The molecular formula is C9H9ClFNS. The average Bonchev–Trinajstić information content (AvgIpc) is 2.07. The molecule has 0 aliphatic carbocycles. The van der Waals surface area contributed by atoms with Crippen LogP contribution in [0.4, 0.5) is 4.39 Å². The van der Waals surface area contributed by atoms with E-state index in [-0.39, 0.29) is 11.9 Å². The van der Waals surface area contributed by atoms with Crippen molar-refractivity contribution in [3.8, 4) is 0 Å². The Morgan fingerprint density at radius 1 is 1.54 bits per heavy atom. The predicted molar refractivity (Wildman–Crippen MR) is 54.5 cm³/mol. The molecule has 0 aromatic heterocycles. The van der Waals surface area contributed by atoms with Crippen molar-refractivity contribution in [2.45, 2.75) is 11.8 Å². The SMILES string of the molecule is NC1CSCc2c(F)cc(Cl)cc21. The van der Waals surface area contributed by atoms with Gasteiger partial charge >= 0.3 is 0 Å². The summed E-state index contributed by atoms with van der Waals surface area (Å²) in [7, 11) is 0. The lowest BCUT2D eigenvalue weighted by Crippen LogP contribution is -2.19. The minimum Gasteiger partial charge on any atom is -0.323 e. The molecule has 1 aromatic rings. The summed E-state index contributed by atoms with van der Waals surface area (Å²) in [5.41, 5.74) is 7.42. The maximum atomic E-state index is 13.4. The molecule has 1 aliphatic rings. The van der Waals surface area contributed by atoms with Crippen molar-refractivity contribution >= 4 is 23.4 Å². The third kappa shape index (κ3) is 1.68. The lowest BCUT2D eigenvalue weighted by Gasteiger charge is -2.22. The zero-order valence-corrected chi connectivity index (χ0v) is 8.46. The van der Waals surface area contributed by atoms with Crippen LogP contribution >= 0.6 is 23.4 Å². The van der Waals surface area contributed by atoms with Crippen LogP contribution in [0.1, 0.15) is 17.2 Å². The molecule has 2 rings (SSSR count). The van der Waals surface area contributed by atoms with E-state index in [1.54, 1.807) is 17.8 Å². The monoisotopic (exact) mass is 217 g/mol. The van der Waals surface area contributed by atoms with E-state index in [0.717, 1.165) is 11.3 Å². The van der Waals surface area contributed by atoms with Crippen LogP contribution in [0.25, 0.3) is 0 Å². The number of rotatable bonds is 0. The minimum atomic E-state index is -0.231. The number of benzene rings is 1. The average molecular weight is 218 g/mol. The van der Waals surface area contributed by atoms with Crippen LogP contribution in [0.2, 0.25) is 5.02 Å². The van der Waals surface area contributed by atoms with E-state index in [1.807, 2.05) is 0 Å². The van der Waals surface area contributed by atoms with Gasteiger partial charge in [0.15, 0.2) is 0 Å². The quantitative estimate of drug-likeness (QED) is 0.723. The van der Waals surface area contributed by atoms with Crippen molar-refractivity contribution in [1.29, 1.82) is 0 Å². The van der Waals surface area contributed by atoms with Gasteiger partial charge in [-0.05, 0) is 17.7 Å². The summed E-state index contributed by atoms with van der Waals surface area (Å²) in [6.45, 7) is 0. The molecule has 2 N–H and O–H groups in total. The molecule has 1 aliphatic heterocycles. The summed E-state index contributed by atoms with van der Waals surface area (Å²) in [6, 6.07) is 3.03. The van der Waals surface area contributed by atoms with Gasteiger partial charge in [-0.15, -0.1) is 0 Å². The van der Waals surface area contributed by atoms with Gasteiger partial charge < -0.3 is 5.73 Å². The molecule has 1 unspecified atom stereocenters. The van der Waals surface area contributed by atoms with Gasteiger partial charge in [-0.3, -0.25) is 0 Å². The normalized spacial score (nSPS) is 21.3. The zero-order valence-electron chi connectivity index (χ0n) is 6.89. The lowest BCUT2D eigenvalue weighted by atomic mass is 10.0. The number of halogens is 2. The molecule has 0 saturated carbocycles. The molecular weight excluding hydrogens is 209 g/mol. The standard InChI is InChI=1S/C9H9ClFNS/c10-5-1-6-7(8(11)2-5)3-13-4-9(6)12/h1-2,9H,3-4,12H2. The Labute approximate surface area is 85.5 Å². The van der Waals surface area contributed by atoms with Crippen molar-refractivity contribution in [2.24, 2.45) is 5.73 Å². The number of nitrogens with two attached hydrogens (primary N) is 1. The molecule has 0 amide bonds.